The second-order valence-corrected chi connectivity index (χ2v) is 3.73. The van der Waals surface area contributed by atoms with Gasteiger partial charge in [-0.15, -0.1) is 6.58 Å². The molecule has 0 bridgehead atoms. The molecule has 0 aromatic heterocycles. The predicted octanol–water partition coefficient (Wildman–Crippen LogP) is 2.32. The van der Waals surface area contributed by atoms with E-state index in [1.165, 1.54) is 0 Å². The first-order valence-electron chi connectivity index (χ1n) is 4.81. The standard InChI is InChI=1S/C11H20O2/c1-5-7-8-10(12)9(3)11(4,13)6-2/h5,9,13H,1,6-8H2,2-4H3. The summed E-state index contributed by atoms with van der Waals surface area (Å²) in [6, 6.07) is 0. The molecule has 2 unspecified atom stereocenters. The Kier molecular flexibility index (Phi) is 4.92. The molecule has 0 spiro atoms. The van der Waals surface area contributed by atoms with Crippen LogP contribution in [0.3, 0.4) is 0 Å². The van der Waals surface area contributed by atoms with Crippen molar-refractivity contribution in [2.75, 3.05) is 0 Å². The maximum atomic E-state index is 11.5. The summed E-state index contributed by atoms with van der Waals surface area (Å²) in [5.41, 5.74) is -0.863. The van der Waals surface area contributed by atoms with Crippen LogP contribution in [0.1, 0.15) is 40.0 Å². The second kappa shape index (κ2) is 5.18. The Morgan fingerprint density at radius 1 is 1.69 bits per heavy atom. The minimum atomic E-state index is -0.863. The fourth-order valence-electron chi connectivity index (χ4n) is 1.11. The van der Waals surface area contributed by atoms with Crippen molar-refractivity contribution in [3.8, 4) is 0 Å². The summed E-state index contributed by atoms with van der Waals surface area (Å²) < 4.78 is 0. The lowest BCUT2D eigenvalue weighted by molar-refractivity contribution is -0.130. The highest BCUT2D eigenvalue weighted by atomic mass is 16.3. The van der Waals surface area contributed by atoms with Crippen molar-refractivity contribution in [1.29, 1.82) is 0 Å². The summed E-state index contributed by atoms with van der Waals surface area (Å²) in [5.74, 6) is -0.163. The summed E-state index contributed by atoms with van der Waals surface area (Å²) >= 11 is 0. The molecule has 0 aromatic rings. The van der Waals surface area contributed by atoms with Crippen LogP contribution in [0, 0.1) is 5.92 Å². The third-order valence-corrected chi connectivity index (χ3v) is 2.73. The maximum Gasteiger partial charge on any atom is 0.138 e. The van der Waals surface area contributed by atoms with E-state index >= 15 is 0 Å². The SMILES string of the molecule is C=CCCC(=O)C(C)C(C)(O)CC. The molecular formula is C11H20O2. The Morgan fingerprint density at radius 2 is 2.23 bits per heavy atom. The molecule has 0 fully saturated rings. The average molecular weight is 184 g/mol. The first-order chi connectivity index (χ1) is 5.95. The Labute approximate surface area is 80.7 Å². The monoisotopic (exact) mass is 184 g/mol. The van der Waals surface area contributed by atoms with E-state index in [9.17, 15) is 9.90 Å². The van der Waals surface area contributed by atoms with Crippen molar-refractivity contribution in [3.63, 3.8) is 0 Å². The molecule has 0 saturated carbocycles. The summed E-state index contributed by atoms with van der Waals surface area (Å²) in [4.78, 5) is 11.5. The first-order valence-corrected chi connectivity index (χ1v) is 4.81. The highest BCUT2D eigenvalue weighted by Crippen LogP contribution is 2.22. The zero-order valence-corrected chi connectivity index (χ0v) is 8.84. The van der Waals surface area contributed by atoms with E-state index in [4.69, 9.17) is 0 Å². The number of carbonyl (C=O) groups is 1. The van der Waals surface area contributed by atoms with Crippen LogP contribution in [0.25, 0.3) is 0 Å². The smallest absolute Gasteiger partial charge is 0.138 e. The van der Waals surface area contributed by atoms with Crippen LogP contribution in [0.5, 0.6) is 0 Å². The third kappa shape index (κ3) is 3.73. The van der Waals surface area contributed by atoms with Crippen molar-refractivity contribution in [3.05, 3.63) is 12.7 Å². The van der Waals surface area contributed by atoms with E-state index in [2.05, 4.69) is 6.58 Å². The number of aliphatic hydroxyl groups is 1. The van der Waals surface area contributed by atoms with Gasteiger partial charge in [0.25, 0.3) is 0 Å². The van der Waals surface area contributed by atoms with Crippen LogP contribution < -0.4 is 0 Å². The van der Waals surface area contributed by atoms with Gasteiger partial charge >= 0.3 is 0 Å². The van der Waals surface area contributed by atoms with Crippen LogP contribution in [0.4, 0.5) is 0 Å². The van der Waals surface area contributed by atoms with Gasteiger partial charge in [0.1, 0.15) is 5.78 Å². The number of ketones is 1. The van der Waals surface area contributed by atoms with Crippen LogP contribution in [-0.2, 0) is 4.79 Å². The molecule has 2 nitrogen and oxygen atoms in total. The maximum absolute atomic E-state index is 11.5. The van der Waals surface area contributed by atoms with Crippen LogP contribution in [0.2, 0.25) is 0 Å². The highest BCUT2D eigenvalue weighted by molar-refractivity contribution is 5.81. The van der Waals surface area contributed by atoms with Gasteiger partial charge < -0.3 is 5.11 Å². The van der Waals surface area contributed by atoms with Gasteiger partial charge in [-0.05, 0) is 19.8 Å². The minimum absolute atomic E-state index is 0.117. The van der Waals surface area contributed by atoms with Crippen molar-refractivity contribution >= 4 is 5.78 Å². The highest BCUT2D eigenvalue weighted by Gasteiger charge is 2.30. The van der Waals surface area contributed by atoms with Crippen molar-refractivity contribution < 1.29 is 9.90 Å². The van der Waals surface area contributed by atoms with E-state index < -0.39 is 5.60 Å². The van der Waals surface area contributed by atoms with Crippen molar-refractivity contribution in [2.24, 2.45) is 5.92 Å². The van der Waals surface area contributed by atoms with Gasteiger partial charge in [-0.3, -0.25) is 4.79 Å². The van der Waals surface area contributed by atoms with Gasteiger partial charge in [-0.25, -0.2) is 0 Å². The molecule has 13 heavy (non-hydrogen) atoms. The number of Topliss-reactive ketones (excluding diaryl/α,β-unsaturated/α-hetero) is 1. The second-order valence-electron chi connectivity index (χ2n) is 3.73. The third-order valence-electron chi connectivity index (χ3n) is 2.73. The number of hydrogen-bond acceptors (Lipinski definition) is 2. The molecule has 0 heterocycles. The minimum Gasteiger partial charge on any atom is -0.389 e. The fourth-order valence-corrected chi connectivity index (χ4v) is 1.11. The molecule has 0 aliphatic rings. The van der Waals surface area contributed by atoms with Crippen LogP contribution in [0.15, 0.2) is 12.7 Å². The lowest BCUT2D eigenvalue weighted by atomic mass is 9.84. The van der Waals surface area contributed by atoms with Crippen molar-refractivity contribution in [1.82, 2.24) is 0 Å². The van der Waals surface area contributed by atoms with Crippen LogP contribution >= 0.6 is 0 Å². The Bertz CT molecular complexity index is 183. The molecule has 1 N–H and O–H groups in total. The normalized spacial score (nSPS) is 17.5. The molecule has 2 atom stereocenters. The van der Waals surface area contributed by atoms with Crippen molar-refractivity contribution in [2.45, 2.75) is 45.6 Å². The van der Waals surface area contributed by atoms with Gasteiger partial charge in [-0.1, -0.05) is 19.9 Å². The number of hydrogen-bond donors (Lipinski definition) is 1. The molecule has 0 saturated heterocycles. The molecule has 0 aliphatic heterocycles. The molecule has 0 aliphatic carbocycles. The number of carbonyl (C=O) groups excluding carboxylic acids is 1. The first kappa shape index (κ1) is 12.4. The summed E-state index contributed by atoms with van der Waals surface area (Å²) in [5, 5.41) is 9.81. The summed E-state index contributed by atoms with van der Waals surface area (Å²) in [6.45, 7) is 8.94. The Balaban J connectivity index is 4.16. The van der Waals surface area contributed by atoms with E-state index in [-0.39, 0.29) is 11.7 Å². The van der Waals surface area contributed by atoms with Gasteiger partial charge in [0.2, 0.25) is 0 Å². The number of allylic oxidation sites excluding steroid dienone is 1. The number of rotatable bonds is 6. The zero-order chi connectivity index (χ0) is 10.5. The average Bonchev–Trinajstić information content (AvgIpc) is 2.12. The molecule has 76 valence electrons. The lowest BCUT2D eigenvalue weighted by Crippen LogP contribution is -2.36. The van der Waals surface area contributed by atoms with Gasteiger partial charge in [0, 0.05) is 12.3 Å². The summed E-state index contributed by atoms with van der Waals surface area (Å²) in [7, 11) is 0. The van der Waals surface area contributed by atoms with E-state index in [0.717, 1.165) is 0 Å². The molecule has 2 heteroatoms. The van der Waals surface area contributed by atoms with E-state index in [1.807, 2.05) is 6.92 Å². The van der Waals surface area contributed by atoms with Gasteiger partial charge in [0.05, 0.1) is 5.60 Å². The topological polar surface area (TPSA) is 37.3 Å². The van der Waals surface area contributed by atoms with Gasteiger partial charge in [0.15, 0.2) is 0 Å². The predicted molar refractivity (Wildman–Crippen MR) is 54.5 cm³/mol. The molecular weight excluding hydrogens is 164 g/mol. The Morgan fingerprint density at radius 3 is 2.62 bits per heavy atom. The fraction of sp³-hybridized carbons (Fsp3) is 0.727. The van der Waals surface area contributed by atoms with E-state index in [1.54, 1.807) is 19.9 Å². The molecule has 0 rings (SSSR count). The summed E-state index contributed by atoms with van der Waals surface area (Å²) in [6.07, 6.45) is 3.52. The molecule has 0 radical (unpaired) electrons. The molecule has 0 aromatic carbocycles. The largest absolute Gasteiger partial charge is 0.389 e. The zero-order valence-electron chi connectivity index (χ0n) is 8.84. The van der Waals surface area contributed by atoms with Crippen LogP contribution in [-0.4, -0.2) is 16.5 Å². The molecule has 0 amide bonds. The lowest BCUT2D eigenvalue weighted by Gasteiger charge is -2.27. The van der Waals surface area contributed by atoms with E-state index in [0.29, 0.717) is 19.3 Å². The Hall–Kier alpha value is -0.630. The quantitative estimate of drug-likeness (QED) is 0.643. The van der Waals surface area contributed by atoms with Gasteiger partial charge in [-0.2, -0.15) is 0 Å².